The van der Waals surface area contributed by atoms with Gasteiger partial charge in [0.05, 0.1) is 0 Å². The number of hydrogen-bond donors (Lipinski definition) is 2. The van der Waals surface area contributed by atoms with Crippen LogP contribution in [0.5, 0.6) is 0 Å². The highest BCUT2D eigenvalue weighted by Crippen LogP contribution is 2.21. The van der Waals surface area contributed by atoms with Crippen LogP contribution >= 0.6 is 0 Å². The molecule has 3 aromatic rings. The number of carbonyl (C=O) groups excluding carboxylic acids is 1. The lowest BCUT2D eigenvalue weighted by atomic mass is 10.1. The van der Waals surface area contributed by atoms with E-state index in [2.05, 4.69) is 20.8 Å². The molecule has 1 amide bonds. The second-order valence-electron chi connectivity index (χ2n) is 5.86. The van der Waals surface area contributed by atoms with Crippen LogP contribution in [-0.2, 0) is 0 Å². The van der Waals surface area contributed by atoms with Crippen molar-refractivity contribution in [1.29, 1.82) is 0 Å². The molecule has 0 radical (unpaired) electrons. The van der Waals surface area contributed by atoms with E-state index >= 15 is 0 Å². The van der Waals surface area contributed by atoms with Crippen LogP contribution in [0.4, 0.5) is 26.0 Å². The van der Waals surface area contributed by atoms with Crippen LogP contribution in [0.15, 0.2) is 48.5 Å². The Morgan fingerprint density at radius 2 is 1.58 bits per heavy atom. The number of anilines is 3. The van der Waals surface area contributed by atoms with E-state index in [1.807, 2.05) is 32.0 Å². The molecule has 0 fully saturated rings. The number of para-hydroxylation sites is 1. The van der Waals surface area contributed by atoms with Crippen LogP contribution in [0.2, 0.25) is 0 Å². The maximum atomic E-state index is 13.6. The van der Waals surface area contributed by atoms with Gasteiger partial charge < -0.3 is 10.6 Å². The molecule has 3 rings (SSSR count). The van der Waals surface area contributed by atoms with Crippen LogP contribution in [0.1, 0.15) is 21.6 Å². The Hall–Kier alpha value is -3.35. The van der Waals surface area contributed by atoms with Gasteiger partial charge in [-0.05, 0) is 61.4 Å². The first-order chi connectivity index (χ1) is 12.4. The Morgan fingerprint density at radius 1 is 0.923 bits per heavy atom. The standard InChI is InChI=1S/C19H16F2N4O/c1-11-8-12(2)10-13(9-11)22-19(26)16-6-7-17(25-24-16)23-18-14(20)4-3-5-15(18)21/h3-10H,1-2H3,(H,22,26)(H,23,25). The molecule has 0 aliphatic rings. The maximum absolute atomic E-state index is 13.6. The second-order valence-corrected chi connectivity index (χ2v) is 5.86. The summed E-state index contributed by atoms with van der Waals surface area (Å²) < 4.78 is 27.3. The lowest BCUT2D eigenvalue weighted by Gasteiger charge is -2.09. The van der Waals surface area contributed by atoms with Gasteiger partial charge in [-0.1, -0.05) is 12.1 Å². The molecule has 2 N–H and O–H groups in total. The minimum Gasteiger partial charge on any atom is -0.334 e. The molecule has 7 heteroatoms. The molecule has 0 aliphatic carbocycles. The van der Waals surface area contributed by atoms with Crippen molar-refractivity contribution in [3.8, 4) is 0 Å². The number of rotatable bonds is 4. The third-order valence-corrected chi connectivity index (χ3v) is 3.59. The summed E-state index contributed by atoms with van der Waals surface area (Å²) in [6.07, 6.45) is 0. The van der Waals surface area contributed by atoms with Crippen LogP contribution in [-0.4, -0.2) is 16.1 Å². The predicted molar refractivity (Wildman–Crippen MR) is 95.5 cm³/mol. The highest BCUT2D eigenvalue weighted by Gasteiger charge is 2.12. The third kappa shape index (κ3) is 4.00. The van der Waals surface area contributed by atoms with E-state index in [9.17, 15) is 13.6 Å². The minimum atomic E-state index is -0.747. The summed E-state index contributed by atoms with van der Waals surface area (Å²) in [6.45, 7) is 3.87. The van der Waals surface area contributed by atoms with E-state index in [1.54, 1.807) is 0 Å². The number of hydrogen-bond acceptors (Lipinski definition) is 4. The van der Waals surface area contributed by atoms with Crippen molar-refractivity contribution in [2.24, 2.45) is 0 Å². The number of carbonyl (C=O) groups is 1. The highest BCUT2D eigenvalue weighted by molar-refractivity contribution is 6.02. The SMILES string of the molecule is Cc1cc(C)cc(NC(=O)c2ccc(Nc3c(F)cccc3F)nn2)c1. The summed E-state index contributed by atoms with van der Waals surface area (Å²) in [5.41, 5.74) is 2.47. The Bertz CT molecular complexity index is 918. The number of halogens is 2. The van der Waals surface area contributed by atoms with Crippen molar-refractivity contribution in [2.45, 2.75) is 13.8 Å². The molecule has 0 aliphatic heterocycles. The van der Waals surface area contributed by atoms with E-state index in [4.69, 9.17) is 0 Å². The van der Waals surface area contributed by atoms with Gasteiger partial charge in [0.2, 0.25) is 0 Å². The number of aromatic nitrogens is 2. The van der Waals surface area contributed by atoms with Gasteiger partial charge in [0.15, 0.2) is 11.5 Å². The summed E-state index contributed by atoms with van der Waals surface area (Å²) in [7, 11) is 0. The summed E-state index contributed by atoms with van der Waals surface area (Å²) >= 11 is 0. The topological polar surface area (TPSA) is 66.9 Å². The van der Waals surface area contributed by atoms with E-state index in [1.165, 1.54) is 18.2 Å². The Balaban J connectivity index is 1.73. The quantitative estimate of drug-likeness (QED) is 0.730. The fourth-order valence-electron chi connectivity index (χ4n) is 2.51. The molecule has 0 spiro atoms. The first-order valence-corrected chi connectivity index (χ1v) is 7.87. The average molecular weight is 354 g/mol. The average Bonchev–Trinajstić information content (AvgIpc) is 2.58. The summed E-state index contributed by atoms with van der Waals surface area (Å²) in [5.74, 6) is -1.80. The molecule has 0 saturated carbocycles. The number of nitrogens with one attached hydrogen (secondary N) is 2. The van der Waals surface area contributed by atoms with Crippen LogP contribution in [0, 0.1) is 25.5 Å². The lowest BCUT2D eigenvalue weighted by molar-refractivity contribution is 0.102. The Kier molecular flexibility index (Phi) is 4.88. The van der Waals surface area contributed by atoms with Gasteiger partial charge >= 0.3 is 0 Å². The molecular weight excluding hydrogens is 338 g/mol. The monoisotopic (exact) mass is 354 g/mol. The third-order valence-electron chi connectivity index (χ3n) is 3.59. The Morgan fingerprint density at radius 3 is 2.15 bits per heavy atom. The lowest BCUT2D eigenvalue weighted by Crippen LogP contribution is -2.15. The summed E-state index contributed by atoms with van der Waals surface area (Å²) in [5, 5.41) is 12.9. The normalized spacial score (nSPS) is 10.5. The van der Waals surface area contributed by atoms with E-state index in [0.717, 1.165) is 23.3 Å². The van der Waals surface area contributed by atoms with Gasteiger partial charge in [0, 0.05) is 5.69 Å². The largest absolute Gasteiger partial charge is 0.334 e. The predicted octanol–water partition coefficient (Wildman–Crippen LogP) is 4.37. The second kappa shape index (κ2) is 7.26. The summed E-state index contributed by atoms with van der Waals surface area (Å²) in [6, 6.07) is 12.1. The molecule has 26 heavy (non-hydrogen) atoms. The zero-order valence-electron chi connectivity index (χ0n) is 14.2. The fourth-order valence-corrected chi connectivity index (χ4v) is 2.51. The molecule has 0 bridgehead atoms. The smallest absolute Gasteiger partial charge is 0.276 e. The van der Waals surface area contributed by atoms with Crippen molar-refractivity contribution >= 4 is 23.1 Å². The number of nitrogens with zero attached hydrogens (tertiary/aromatic N) is 2. The zero-order chi connectivity index (χ0) is 18.7. The molecule has 0 atom stereocenters. The van der Waals surface area contributed by atoms with Gasteiger partial charge in [0.25, 0.3) is 5.91 Å². The zero-order valence-corrected chi connectivity index (χ0v) is 14.2. The van der Waals surface area contributed by atoms with Crippen molar-refractivity contribution in [1.82, 2.24) is 10.2 Å². The molecule has 0 unspecified atom stereocenters. The Labute approximate surface area is 149 Å². The van der Waals surface area contributed by atoms with Crippen LogP contribution in [0.25, 0.3) is 0 Å². The highest BCUT2D eigenvalue weighted by atomic mass is 19.1. The minimum absolute atomic E-state index is 0.0868. The number of benzene rings is 2. The molecule has 2 aromatic carbocycles. The van der Waals surface area contributed by atoms with Crippen molar-refractivity contribution < 1.29 is 13.6 Å². The molecular formula is C19H16F2N4O. The van der Waals surface area contributed by atoms with Crippen molar-refractivity contribution in [2.75, 3.05) is 10.6 Å². The van der Waals surface area contributed by atoms with Crippen LogP contribution in [0.3, 0.4) is 0 Å². The maximum Gasteiger partial charge on any atom is 0.276 e. The first-order valence-electron chi connectivity index (χ1n) is 7.87. The van der Waals surface area contributed by atoms with Gasteiger partial charge in [-0.15, -0.1) is 10.2 Å². The first kappa shape index (κ1) is 17.5. The molecule has 132 valence electrons. The van der Waals surface area contributed by atoms with Gasteiger partial charge in [0.1, 0.15) is 17.3 Å². The van der Waals surface area contributed by atoms with Gasteiger partial charge in [-0.2, -0.15) is 0 Å². The summed E-state index contributed by atoms with van der Waals surface area (Å²) in [4.78, 5) is 12.3. The molecule has 0 saturated heterocycles. The van der Waals surface area contributed by atoms with Crippen molar-refractivity contribution in [3.63, 3.8) is 0 Å². The van der Waals surface area contributed by atoms with E-state index < -0.39 is 17.5 Å². The molecule has 1 aromatic heterocycles. The van der Waals surface area contributed by atoms with Gasteiger partial charge in [-0.3, -0.25) is 4.79 Å². The van der Waals surface area contributed by atoms with E-state index in [-0.39, 0.29) is 17.2 Å². The van der Waals surface area contributed by atoms with Gasteiger partial charge in [-0.25, -0.2) is 8.78 Å². The number of amides is 1. The number of aryl methyl sites for hydroxylation is 2. The van der Waals surface area contributed by atoms with Crippen molar-refractivity contribution in [3.05, 3.63) is 77.0 Å². The van der Waals surface area contributed by atoms with Crippen LogP contribution < -0.4 is 10.6 Å². The van der Waals surface area contributed by atoms with E-state index in [0.29, 0.717) is 5.69 Å². The fraction of sp³-hybridized carbons (Fsp3) is 0.105. The molecule has 1 heterocycles. The molecule has 5 nitrogen and oxygen atoms in total.